The molecule has 0 bridgehead atoms. The molecule has 3 rings (SSSR count). The lowest BCUT2D eigenvalue weighted by Crippen LogP contribution is -2.25. The average Bonchev–Trinajstić information content (AvgIpc) is 3.13. The van der Waals surface area contributed by atoms with Gasteiger partial charge in [-0.05, 0) is 36.6 Å². The van der Waals surface area contributed by atoms with Crippen molar-refractivity contribution in [2.45, 2.75) is 25.7 Å². The van der Waals surface area contributed by atoms with Crippen LogP contribution >= 0.6 is 11.3 Å². The lowest BCUT2D eigenvalue weighted by molar-refractivity contribution is -0.121. The first-order valence-corrected chi connectivity index (χ1v) is 9.45. The number of aromatic nitrogens is 2. The lowest BCUT2D eigenvalue weighted by atomic mass is 10.1. The number of carbonyl (C=O) groups excluding carboxylic acids is 1. The Morgan fingerprint density at radius 2 is 1.92 bits per heavy atom. The van der Waals surface area contributed by atoms with Gasteiger partial charge in [-0.2, -0.15) is 0 Å². The number of nitrogens with zero attached hydrogens (tertiary/aromatic N) is 2. The second kappa shape index (κ2) is 9.20. The van der Waals surface area contributed by atoms with Crippen molar-refractivity contribution in [3.8, 4) is 10.6 Å². The molecule has 6 heteroatoms. The maximum absolute atomic E-state index is 13.5. The summed E-state index contributed by atoms with van der Waals surface area (Å²) in [6, 6.07) is 10.6. The molecule has 0 aliphatic rings. The normalized spacial score (nSPS) is 10.7. The molecular formula is C20H20FN3OS. The molecule has 0 aliphatic carbocycles. The Hall–Kier alpha value is -2.60. The van der Waals surface area contributed by atoms with E-state index in [1.54, 1.807) is 35.9 Å². The van der Waals surface area contributed by atoms with E-state index < -0.39 is 0 Å². The van der Waals surface area contributed by atoms with Crippen molar-refractivity contribution in [2.75, 3.05) is 6.54 Å². The fourth-order valence-electron chi connectivity index (χ4n) is 2.61. The minimum absolute atomic E-state index is 0.00840. The highest BCUT2D eigenvalue weighted by Gasteiger charge is 2.07. The Bertz CT molecular complexity index is 851. The first kappa shape index (κ1) is 18.2. The summed E-state index contributed by atoms with van der Waals surface area (Å²) in [7, 11) is 0. The fraction of sp³-hybridized carbons (Fsp3) is 0.250. The van der Waals surface area contributed by atoms with Gasteiger partial charge >= 0.3 is 0 Å². The van der Waals surface area contributed by atoms with Gasteiger partial charge in [0.15, 0.2) is 0 Å². The SMILES string of the molecule is O=C(CCCc1ccccc1F)NCCc1csc(-c2ccncc2)n1. The van der Waals surface area contributed by atoms with E-state index in [9.17, 15) is 9.18 Å². The molecule has 0 spiro atoms. The first-order chi connectivity index (χ1) is 12.7. The maximum Gasteiger partial charge on any atom is 0.220 e. The van der Waals surface area contributed by atoms with Crippen molar-refractivity contribution in [3.05, 3.63) is 71.2 Å². The smallest absolute Gasteiger partial charge is 0.220 e. The number of aryl methyl sites for hydroxylation is 1. The van der Waals surface area contributed by atoms with Gasteiger partial charge in [-0.15, -0.1) is 11.3 Å². The quantitative estimate of drug-likeness (QED) is 0.652. The molecule has 0 saturated carbocycles. The number of nitrogens with one attached hydrogen (secondary N) is 1. The molecule has 0 atom stereocenters. The second-order valence-electron chi connectivity index (χ2n) is 5.92. The Morgan fingerprint density at radius 1 is 1.12 bits per heavy atom. The molecule has 26 heavy (non-hydrogen) atoms. The predicted molar refractivity (Wildman–Crippen MR) is 101 cm³/mol. The average molecular weight is 369 g/mol. The van der Waals surface area contributed by atoms with Crippen LogP contribution in [-0.2, 0) is 17.6 Å². The zero-order chi connectivity index (χ0) is 18.2. The van der Waals surface area contributed by atoms with Crippen molar-refractivity contribution in [3.63, 3.8) is 0 Å². The number of benzene rings is 1. The molecule has 3 aromatic rings. The van der Waals surface area contributed by atoms with Crippen molar-refractivity contribution in [1.82, 2.24) is 15.3 Å². The largest absolute Gasteiger partial charge is 0.356 e. The molecule has 134 valence electrons. The summed E-state index contributed by atoms with van der Waals surface area (Å²) in [6.07, 6.45) is 5.79. The molecule has 2 aromatic heterocycles. The van der Waals surface area contributed by atoms with Gasteiger partial charge in [0.25, 0.3) is 0 Å². The van der Waals surface area contributed by atoms with Crippen LogP contribution in [0.3, 0.4) is 0 Å². The summed E-state index contributed by atoms with van der Waals surface area (Å²) in [6.45, 7) is 0.554. The summed E-state index contributed by atoms with van der Waals surface area (Å²) < 4.78 is 13.5. The van der Waals surface area contributed by atoms with Crippen LogP contribution in [0.4, 0.5) is 4.39 Å². The predicted octanol–water partition coefficient (Wildman–Crippen LogP) is 4.03. The Kier molecular flexibility index (Phi) is 6.44. The number of pyridine rings is 1. The van der Waals surface area contributed by atoms with E-state index in [0.717, 1.165) is 16.3 Å². The van der Waals surface area contributed by atoms with Crippen LogP contribution in [0.1, 0.15) is 24.1 Å². The van der Waals surface area contributed by atoms with Gasteiger partial charge in [-0.25, -0.2) is 9.37 Å². The number of hydrogen-bond donors (Lipinski definition) is 1. The van der Waals surface area contributed by atoms with Crippen LogP contribution < -0.4 is 5.32 Å². The molecule has 4 nitrogen and oxygen atoms in total. The number of rotatable bonds is 8. The van der Waals surface area contributed by atoms with Crippen LogP contribution in [-0.4, -0.2) is 22.4 Å². The van der Waals surface area contributed by atoms with E-state index in [1.165, 1.54) is 6.07 Å². The zero-order valence-electron chi connectivity index (χ0n) is 14.3. The van der Waals surface area contributed by atoms with Gasteiger partial charge in [-0.1, -0.05) is 18.2 Å². The van der Waals surface area contributed by atoms with Crippen molar-refractivity contribution < 1.29 is 9.18 Å². The third kappa shape index (κ3) is 5.20. The number of thiazole rings is 1. The van der Waals surface area contributed by atoms with Crippen LogP contribution in [0, 0.1) is 5.82 Å². The highest BCUT2D eigenvalue weighted by atomic mass is 32.1. The minimum Gasteiger partial charge on any atom is -0.356 e. The fourth-order valence-corrected chi connectivity index (χ4v) is 3.47. The number of halogens is 1. The molecule has 0 fully saturated rings. The molecular weight excluding hydrogens is 349 g/mol. The third-order valence-electron chi connectivity index (χ3n) is 3.99. The van der Waals surface area contributed by atoms with E-state index in [2.05, 4.69) is 15.3 Å². The van der Waals surface area contributed by atoms with Crippen LogP contribution in [0.25, 0.3) is 10.6 Å². The molecule has 0 radical (unpaired) electrons. The summed E-state index contributed by atoms with van der Waals surface area (Å²) in [4.78, 5) is 20.5. The van der Waals surface area contributed by atoms with Crippen LogP contribution in [0.5, 0.6) is 0 Å². The summed E-state index contributed by atoms with van der Waals surface area (Å²) >= 11 is 1.59. The van der Waals surface area contributed by atoms with Crippen molar-refractivity contribution >= 4 is 17.2 Å². The van der Waals surface area contributed by atoms with Crippen LogP contribution in [0.2, 0.25) is 0 Å². The topological polar surface area (TPSA) is 54.9 Å². The van der Waals surface area contributed by atoms with E-state index in [0.29, 0.717) is 37.8 Å². The number of hydrogen-bond acceptors (Lipinski definition) is 4. The highest BCUT2D eigenvalue weighted by molar-refractivity contribution is 7.13. The zero-order valence-corrected chi connectivity index (χ0v) is 15.1. The van der Waals surface area contributed by atoms with E-state index >= 15 is 0 Å². The van der Waals surface area contributed by atoms with Crippen molar-refractivity contribution in [2.24, 2.45) is 0 Å². The van der Waals surface area contributed by atoms with Gasteiger partial charge in [0.1, 0.15) is 10.8 Å². The number of amides is 1. The summed E-state index contributed by atoms with van der Waals surface area (Å²) in [5.41, 5.74) is 2.67. The minimum atomic E-state index is -0.207. The van der Waals surface area contributed by atoms with Gasteiger partial charge in [0.05, 0.1) is 5.69 Å². The molecule has 1 N–H and O–H groups in total. The standard InChI is InChI=1S/C20H20FN3OS/c21-18-6-2-1-4-15(18)5-3-7-19(25)23-13-10-17-14-26-20(24-17)16-8-11-22-12-9-16/h1-2,4,6,8-9,11-12,14H,3,5,7,10,13H2,(H,23,25). The van der Waals surface area contributed by atoms with Gasteiger partial charge in [0.2, 0.25) is 5.91 Å². The first-order valence-electron chi connectivity index (χ1n) is 8.57. The Balaban J connectivity index is 1.38. The number of carbonyl (C=O) groups is 1. The molecule has 0 unspecified atom stereocenters. The summed E-state index contributed by atoms with van der Waals surface area (Å²) in [5, 5.41) is 5.87. The van der Waals surface area contributed by atoms with Gasteiger partial charge in [-0.3, -0.25) is 9.78 Å². The molecule has 2 heterocycles. The third-order valence-corrected chi connectivity index (χ3v) is 4.93. The Morgan fingerprint density at radius 3 is 2.73 bits per heavy atom. The molecule has 0 aliphatic heterocycles. The molecule has 1 amide bonds. The monoisotopic (exact) mass is 369 g/mol. The summed E-state index contributed by atoms with van der Waals surface area (Å²) in [5.74, 6) is -0.215. The van der Waals surface area contributed by atoms with E-state index in [-0.39, 0.29) is 11.7 Å². The Labute approximate surface area is 156 Å². The maximum atomic E-state index is 13.5. The van der Waals surface area contributed by atoms with Gasteiger partial charge in [0, 0.05) is 42.7 Å². The van der Waals surface area contributed by atoms with E-state index in [4.69, 9.17) is 0 Å². The van der Waals surface area contributed by atoms with Gasteiger partial charge < -0.3 is 5.32 Å². The molecule has 1 aromatic carbocycles. The highest BCUT2D eigenvalue weighted by Crippen LogP contribution is 2.22. The second-order valence-corrected chi connectivity index (χ2v) is 6.78. The molecule has 0 saturated heterocycles. The van der Waals surface area contributed by atoms with Crippen molar-refractivity contribution in [1.29, 1.82) is 0 Å². The van der Waals surface area contributed by atoms with E-state index in [1.807, 2.05) is 23.6 Å². The lowest BCUT2D eigenvalue weighted by Gasteiger charge is -2.05. The van der Waals surface area contributed by atoms with Crippen LogP contribution in [0.15, 0.2) is 54.2 Å².